The highest BCUT2D eigenvalue weighted by Gasteiger charge is 2.14. The number of hydrogen-bond donors (Lipinski definition) is 1. The SMILES string of the molecule is CCCCC(NCC(=O)N(C)CC)c1ccc(F)cc1. The molecule has 1 atom stereocenters. The number of carbonyl (C=O) groups is 1. The third-order valence-electron chi connectivity index (χ3n) is 3.52. The predicted octanol–water partition coefficient (Wildman–Crippen LogP) is 3.12. The molecule has 0 spiro atoms. The van der Waals surface area contributed by atoms with Gasteiger partial charge in [-0.1, -0.05) is 31.9 Å². The lowest BCUT2D eigenvalue weighted by molar-refractivity contribution is -0.128. The molecule has 112 valence electrons. The Bertz CT molecular complexity index is 405. The predicted molar refractivity (Wildman–Crippen MR) is 80.0 cm³/mol. The van der Waals surface area contributed by atoms with Crippen molar-refractivity contribution in [1.82, 2.24) is 10.2 Å². The Labute approximate surface area is 121 Å². The molecule has 0 fully saturated rings. The number of carbonyl (C=O) groups excluding carboxylic acids is 1. The molecule has 3 nitrogen and oxygen atoms in total. The Morgan fingerprint density at radius 1 is 1.30 bits per heavy atom. The number of nitrogens with one attached hydrogen (secondary N) is 1. The molecule has 1 aromatic carbocycles. The van der Waals surface area contributed by atoms with E-state index < -0.39 is 0 Å². The molecule has 1 aromatic rings. The van der Waals surface area contributed by atoms with Gasteiger partial charge < -0.3 is 10.2 Å². The molecule has 1 N–H and O–H groups in total. The first-order valence-corrected chi connectivity index (χ1v) is 7.31. The molecule has 0 heterocycles. The van der Waals surface area contributed by atoms with Crippen LogP contribution in [0.25, 0.3) is 0 Å². The van der Waals surface area contributed by atoms with Gasteiger partial charge >= 0.3 is 0 Å². The normalized spacial score (nSPS) is 12.2. The van der Waals surface area contributed by atoms with E-state index in [0.717, 1.165) is 24.8 Å². The second kappa shape index (κ2) is 8.69. The van der Waals surface area contributed by atoms with Crippen molar-refractivity contribution < 1.29 is 9.18 Å². The molecule has 0 bridgehead atoms. The number of benzene rings is 1. The minimum absolute atomic E-state index is 0.0797. The summed E-state index contributed by atoms with van der Waals surface area (Å²) in [6.07, 6.45) is 3.13. The first-order valence-electron chi connectivity index (χ1n) is 7.31. The van der Waals surface area contributed by atoms with Gasteiger partial charge in [0.05, 0.1) is 6.54 Å². The number of unbranched alkanes of at least 4 members (excludes halogenated alkanes) is 1. The number of likely N-dealkylation sites (N-methyl/N-ethyl adjacent to an activating group) is 1. The number of amides is 1. The molecule has 0 aliphatic rings. The summed E-state index contributed by atoms with van der Waals surface area (Å²) in [5.41, 5.74) is 1.03. The largest absolute Gasteiger partial charge is 0.345 e. The molecule has 0 saturated heterocycles. The maximum atomic E-state index is 13.0. The van der Waals surface area contributed by atoms with Crippen LogP contribution in [0, 0.1) is 5.82 Å². The summed E-state index contributed by atoms with van der Waals surface area (Å²) >= 11 is 0. The Kier molecular flexibility index (Phi) is 7.23. The molecular weight excluding hydrogens is 255 g/mol. The van der Waals surface area contributed by atoms with Gasteiger partial charge in [-0.3, -0.25) is 4.79 Å². The molecule has 1 rings (SSSR count). The highest BCUT2D eigenvalue weighted by atomic mass is 19.1. The third kappa shape index (κ3) is 5.29. The van der Waals surface area contributed by atoms with Crippen LogP contribution in [-0.4, -0.2) is 30.9 Å². The van der Waals surface area contributed by atoms with Gasteiger partial charge in [0.2, 0.25) is 5.91 Å². The molecule has 0 aromatic heterocycles. The molecular formula is C16H25FN2O. The van der Waals surface area contributed by atoms with Gasteiger partial charge in [-0.2, -0.15) is 0 Å². The smallest absolute Gasteiger partial charge is 0.236 e. The van der Waals surface area contributed by atoms with Crippen LogP contribution in [0.4, 0.5) is 4.39 Å². The van der Waals surface area contributed by atoms with E-state index in [1.165, 1.54) is 12.1 Å². The minimum atomic E-state index is -0.232. The Balaban J connectivity index is 2.64. The van der Waals surface area contributed by atoms with Gasteiger partial charge in [0.15, 0.2) is 0 Å². The minimum Gasteiger partial charge on any atom is -0.345 e. The van der Waals surface area contributed by atoms with Crippen LogP contribution in [-0.2, 0) is 4.79 Å². The van der Waals surface area contributed by atoms with Crippen molar-refractivity contribution in [1.29, 1.82) is 0 Å². The van der Waals surface area contributed by atoms with Crippen LogP contribution in [0.3, 0.4) is 0 Å². The molecule has 0 aliphatic carbocycles. The van der Waals surface area contributed by atoms with Crippen LogP contribution in [0.15, 0.2) is 24.3 Å². The van der Waals surface area contributed by atoms with Crippen LogP contribution >= 0.6 is 0 Å². The maximum Gasteiger partial charge on any atom is 0.236 e. The number of halogens is 1. The van der Waals surface area contributed by atoms with Crippen molar-refractivity contribution in [3.05, 3.63) is 35.6 Å². The lowest BCUT2D eigenvalue weighted by atomic mass is 10.0. The third-order valence-corrected chi connectivity index (χ3v) is 3.52. The van der Waals surface area contributed by atoms with Gasteiger partial charge in [-0.05, 0) is 31.0 Å². The second-order valence-corrected chi connectivity index (χ2v) is 5.04. The summed E-state index contributed by atoms with van der Waals surface area (Å²) < 4.78 is 13.0. The van der Waals surface area contributed by atoms with Crippen molar-refractivity contribution in [3.63, 3.8) is 0 Å². The first kappa shape index (κ1) is 16.6. The fourth-order valence-corrected chi connectivity index (χ4v) is 2.01. The summed E-state index contributed by atoms with van der Waals surface area (Å²) in [5, 5.41) is 3.29. The van der Waals surface area contributed by atoms with E-state index in [-0.39, 0.29) is 17.8 Å². The number of rotatable bonds is 8. The van der Waals surface area contributed by atoms with E-state index >= 15 is 0 Å². The van der Waals surface area contributed by atoms with Gasteiger partial charge in [0.1, 0.15) is 5.82 Å². The van der Waals surface area contributed by atoms with Crippen molar-refractivity contribution in [2.75, 3.05) is 20.1 Å². The molecule has 0 aliphatic heterocycles. The highest BCUT2D eigenvalue weighted by Crippen LogP contribution is 2.19. The molecule has 0 radical (unpaired) electrons. The number of nitrogens with zero attached hydrogens (tertiary/aromatic N) is 1. The van der Waals surface area contributed by atoms with Gasteiger partial charge in [-0.15, -0.1) is 0 Å². The van der Waals surface area contributed by atoms with E-state index in [0.29, 0.717) is 13.1 Å². The molecule has 1 amide bonds. The van der Waals surface area contributed by atoms with E-state index in [4.69, 9.17) is 0 Å². The van der Waals surface area contributed by atoms with E-state index in [9.17, 15) is 9.18 Å². The lowest BCUT2D eigenvalue weighted by Gasteiger charge is -2.21. The van der Waals surface area contributed by atoms with Crippen LogP contribution in [0.2, 0.25) is 0 Å². The maximum absolute atomic E-state index is 13.0. The van der Waals surface area contributed by atoms with Gasteiger partial charge in [0.25, 0.3) is 0 Å². The zero-order valence-electron chi connectivity index (χ0n) is 12.7. The summed E-state index contributed by atoms with van der Waals surface area (Å²) in [6.45, 7) is 5.11. The Morgan fingerprint density at radius 2 is 1.95 bits per heavy atom. The molecule has 0 saturated carbocycles. The quantitative estimate of drug-likeness (QED) is 0.793. The van der Waals surface area contributed by atoms with Crippen LogP contribution in [0.5, 0.6) is 0 Å². The highest BCUT2D eigenvalue weighted by molar-refractivity contribution is 5.77. The average molecular weight is 280 g/mol. The van der Waals surface area contributed by atoms with Crippen molar-refractivity contribution in [2.45, 2.75) is 39.2 Å². The summed E-state index contributed by atoms with van der Waals surface area (Å²) in [7, 11) is 1.79. The topological polar surface area (TPSA) is 32.3 Å². The Morgan fingerprint density at radius 3 is 2.50 bits per heavy atom. The van der Waals surface area contributed by atoms with E-state index in [1.807, 2.05) is 6.92 Å². The zero-order valence-corrected chi connectivity index (χ0v) is 12.7. The summed E-state index contributed by atoms with van der Waals surface area (Å²) in [4.78, 5) is 13.5. The molecule has 20 heavy (non-hydrogen) atoms. The monoisotopic (exact) mass is 280 g/mol. The van der Waals surface area contributed by atoms with Crippen LogP contribution < -0.4 is 5.32 Å². The van der Waals surface area contributed by atoms with Gasteiger partial charge in [0, 0.05) is 19.6 Å². The average Bonchev–Trinajstić information content (AvgIpc) is 2.47. The number of hydrogen-bond acceptors (Lipinski definition) is 2. The Hall–Kier alpha value is -1.42. The van der Waals surface area contributed by atoms with Crippen molar-refractivity contribution >= 4 is 5.91 Å². The lowest BCUT2D eigenvalue weighted by Crippen LogP contribution is -2.37. The summed E-state index contributed by atoms with van der Waals surface area (Å²) in [5.74, 6) is -0.152. The zero-order chi connectivity index (χ0) is 15.0. The summed E-state index contributed by atoms with van der Waals surface area (Å²) in [6, 6.07) is 6.61. The molecule has 4 heteroatoms. The fourth-order valence-electron chi connectivity index (χ4n) is 2.01. The van der Waals surface area contributed by atoms with E-state index in [1.54, 1.807) is 24.1 Å². The standard InChI is InChI=1S/C16H25FN2O/c1-4-6-7-15(13-8-10-14(17)11-9-13)18-12-16(20)19(3)5-2/h8-11,15,18H,4-7,12H2,1-3H3. The first-order chi connectivity index (χ1) is 9.58. The fraction of sp³-hybridized carbons (Fsp3) is 0.562. The van der Waals surface area contributed by atoms with Crippen LogP contribution in [0.1, 0.15) is 44.7 Å². The van der Waals surface area contributed by atoms with Crippen molar-refractivity contribution in [2.24, 2.45) is 0 Å². The van der Waals surface area contributed by atoms with Gasteiger partial charge in [-0.25, -0.2) is 4.39 Å². The molecule has 1 unspecified atom stereocenters. The van der Waals surface area contributed by atoms with E-state index in [2.05, 4.69) is 12.2 Å². The second-order valence-electron chi connectivity index (χ2n) is 5.04. The van der Waals surface area contributed by atoms with Crippen molar-refractivity contribution in [3.8, 4) is 0 Å².